The van der Waals surface area contributed by atoms with Crippen molar-refractivity contribution in [3.8, 4) is 22.5 Å². The van der Waals surface area contributed by atoms with Crippen LogP contribution in [0.3, 0.4) is 0 Å². The standard InChI is InChI=1S/C26H26ClN7O2/c1-5-6-18-19-12-29-24(10-22(19)34(26(35)36)25(18)17-11-30-32(3)14-17)31-21-8-7-16(9-20(21)27)23-13-28-15(2)33(23)4/h7-14H,5-6H2,1-4H3,(H,29,31)(H,35,36). The first kappa shape index (κ1) is 23.6. The van der Waals surface area contributed by atoms with Gasteiger partial charge in [-0.05, 0) is 31.0 Å². The zero-order valence-electron chi connectivity index (χ0n) is 20.4. The topological polar surface area (TPSA) is 103 Å². The van der Waals surface area contributed by atoms with Crippen LogP contribution in [0.5, 0.6) is 0 Å². The van der Waals surface area contributed by atoms with Crippen molar-refractivity contribution in [2.75, 3.05) is 5.32 Å². The summed E-state index contributed by atoms with van der Waals surface area (Å²) in [4.78, 5) is 21.4. The van der Waals surface area contributed by atoms with E-state index in [4.69, 9.17) is 11.6 Å². The molecule has 5 aromatic rings. The van der Waals surface area contributed by atoms with Gasteiger partial charge in [0.15, 0.2) is 0 Å². The first-order valence-electron chi connectivity index (χ1n) is 11.6. The van der Waals surface area contributed by atoms with Gasteiger partial charge in [-0.1, -0.05) is 31.0 Å². The maximum atomic E-state index is 12.4. The Bertz CT molecular complexity index is 1610. The number of aryl methyl sites for hydroxylation is 3. The van der Waals surface area contributed by atoms with Crippen LogP contribution in [0.2, 0.25) is 5.02 Å². The molecule has 0 bridgehead atoms. The molecule has 0 saturated heterocycles. The van der Waals surface area contributed by atoms with Crippen LogP contribution >= 0.6 is 11.6 Å². The second kappa shape index (κ2) is 9.16. The molecular formula is C26H26ClN7O2. The summed E-state index contributed by atoms with van der Waals surface area (Å²) in [5.74, 6) is 1.41. The summed E-state index contributed by atoms with van der Waals surface area (Å²) in [5.41, 5.74) is 5.45. The minimum atomic E-state index is -1.06. The molecule has 36 heavy (non-hydrogen) atoms. The molecule has 10 heteroatoms. The summed E-state index contributed by atoms with van der Waals surface area (Å²) < 4.78 is 4.99. The smallest absolute Gasteiger partial charge is 0.416 e. The zero-order chi connectivity index (χ0) is 25.6. The Hall–Kier alpha value is -4.11. The van der Waals surface area contributed by atoms with Gasteiger partial charge in [-0.3, -0.25) is 4.68 Å². The number of pyridine rings is 1. The van der Waals surface area contributed by atoms with Crippen molar-refractivity contribution >= 4 is 40.1 Å². The average Bonchev–Trinajstić information content (AvgIpc) is 3.51. The fourth-order valence-electron chi connectivity index (χ4n) is 4.55. The molecule has 0 atom stereocenters. The van der Waals surface area contributed by atoms with E-state index >= 15 is 0 Å². The molecular weight excluding hydrogens is 478 g/mol. The van der Waals surface area contributed by atoms with Gasteiger partial charge < -0.3 is 15.0 Å². The normalized spacial score (nSPS) is 11.4. The summed E-state index contributed by atoms with van der Waals surface area (Å²) in [5, 5.41) is 19.0. The molecule has 0 unspecified atom stereocenters. The highest BCUT2D eigenvalue weighted by Crippen LogP contribution is 2.36. The highest BCUT2D eigenvalue weighted by molar-refractivity contribution is 6.33. The van der Waals surface area contributed by atoms with Crippen molar-refractivity contribution in [2.45, 2.75) is 26.7 Å². The highest BCUT2D eigenvalue weighted by Gasteiger charge is 2.23. The molecule has 0 aliphatic heterocycles. The number of nitrogens with zero attached hydrogens (tertiary/aromatic N) is 6. The van der Waals surface area contributed by atoms with E-state index in [0.717, 1.165) is 46.4 Å². The number of halogens is 1. The van der Waals surface area contributed by atoms with E-state index in [0.29, 0.717) is 27.7 Å². The van der Waals surface area contributed by atoms with E-state index in [1.807, 2.05) is 56.2 Å². The van der Waals surface area contributed by atoms with E-state index in [1.165, 1.54) is 4.57 Å². The number of anilines is 2. The van der Waals surface area contributed by atoms with Crippen LogP contribution in [-0.2, 0) is 20.5 Å². The lowest BCUT2D eigenvalue weighted by atomic mass is 10.0. The minimum Gasteiger partial charge on any atom is -0.464 e. The van der Waals surface area contributed by atoms with Crippen LogP contribution < -0.4 is 5.32 Å². The number of hydrogen-bond acceptors (Lipinski definition) is 5. The quantitative estimate of drug-likeness (QED) is 0.293. The number of rotatable bonds is 6. The van der Waals surface area contributed by atoms with Gasteiger partial charge in [-0.25, -0.2) is 19.3 Å². The summed E-state index contributed by atoms with van der Waals surface area (Å²) in [6, 6.07) is 7.46. The number of fused-ring (bicyclic) bond motifs is 1. The van der Waals surface area contributed by atoms with Gasteiger partial charge in [0.05, 0.1) is 40.0 Å². The van der Waals surface area contributed by atoms with Gasteiger partial charge in [-0.2, -0.15) is 5.10 Å². The summed E-state index contributed by atoms with van der Waals surface area (Å²) >= 11 is 6.61. The molecule has 0 saturated carbocycles. The summed E-state index contributed by atoms with van der Waals surface area (Å²) in [7, 11) is 3.77. The van der Waals surface area contributed by atoms with Crippen molar-refractivity contribution < 1.29 is 9.90 Å². The largest absolute Gasteiger partial charge is 0.464 e. The van der Waals surface area contributed by atoms with Crippen LogP contribution in [0.15, 0.2) is 49.1 Å². The Balaban J connectivity index is 1.57. The van der Waals surface area contributed by atoms with Gasteiger partial charge in [0.2, 0.25) is 0 Å². The third-order valence-corrected chi connectivity index (χ3v) is 6.69. The lowest BCUT2D eigenvalue weighted by Gasteiger charge is -2.11. The van der Waals surface area contributed by atoms with Crippen molar-refractivity contribution in [1.29, 1.82) is 0 Å². The highest BCUT2D eigenvalue weighted by atomic mass is 35.5. The third kappa shape index (κ3) is 4.01. The van der Waals surface area contributed by atoms with Crippen LogP contribution in [0.4, 0.5) is 16.3 Å². The second-order valence-electron chi connectivity index (χ2n) is 8.75. The first-order chi connectivity index (χ1) is 17.3. The van der Waals surface area contributed by atoms with E-state index in [9.17, 15) is 9.90 Å². The number of carboxylic acid groups (broad SMARTS) is 1. The van der Waals surface area contributed by atoms with Crippen molar-refractivity contribution in [2.24, 2.45) is 14.1 Å². The maximum absolute atomic E-state index is 12.4. The lowest BCUT2D eigenvalue weighted by molar-refractivity contribution is 0.198. The minimum absolute atomic E-state index is 0.495. The molecule has 0 aliphatic rings. The molecule has 1 aromatic carbocycles. The Morgan fingerprint density at radius 3 is 2.53 bits per heavy atom. The Morgan fingerprint density at radius 2 is 1.92 bits per heavy atom. The fraction of sp³-hybridized carbons (Fsp3) is 0.231. The van der Waals surface area contributed by atoms with E-state index < -0.39 is 6.09 Å². The van der Waals surface area contributed by atoms with Crippen LogP contribution in [0.1, 0.15) is 24.7 Å². The van der Waals surface area contributed by atoms with E-state index in [-0.39, 0.29) is 0 Å². The summed E-state index contributed by atoms with van der Waals surface area (Å²) in [6.07, 6.45) is 7.57. The second-order valence-corrected chi connectivity index (χ2v) is 9.16. The number of imidazole rings is 1. The molecule has 0 radical (unpaired) electrons. The molecule has 184 valence electrons. The average molecular weight is 504 g/mol. The Morgan fingerprint density at radius 1 is 1.11 bits per heavy atom. The number of nitrogens with one attached hydrogen (secondary N) is 1. The van der Waals surface area contributed by atoms with Crippen molar-refractivity contribution in [3.63, 3.8) is 0 Å². The Kier molecular flexibility index (Phi) is 6.01. The van der Waals surface area contributed by atoms with Gasteiger partial charge in [0.25, 0.3) is 0 Å². The van der Waals surface area contributed by atoms with Crippen molar-refractivity contribution in [3.05, 3.63) is 65.5 Å². The number of benzene rings is 1. The Labute approximate surface area is 213 Å². The third-order valence-electron chi connectivity index (χ3n) is 6.38. The SMILES string of the molecule is CCCc1c(-c2cnn(C)c2)n(C(=O)O)c2cc(Nc3ccc(-c4cnc(C)n4C)cc3Cl)ncc12. The molecule has 0 aliphatic carbocycles. The molecule has 0 fully saturated rings. The molecule has 2 N–H and O–H groups in total. The first-order valence-corrected chi connectivity index (χ1v) is 12.0. The monoisotopic (exact) mass is 503 g/mol. The van der Waals surface area contributed by atoms with Crippen LogP contribution in [-0.4, -0.2) is 40.1 Å². The van der Waals surface area contributed by atoms with Crippen LogP contribution in [0.25, 0.3) is 33.4 Å². The van der Waals surface area contributed by atoms with Gasteiger partial charge >= 0.3 is 6.09 Å². The van der Waals surface area contributed by atoms with Crippen molar-refractivity contribution in [1.82, 2.24) is 28.9 Å². The molecule has 4 aromatic heterocycles. The predicted molar refractivity (Wildman–Crippen MR) is 141 cm³/mol. The van der Waals surface area contributed by atoms with Gasteiger partial charge in [0.1, 0.15) is 11.6 Å². The van der Waals surface area contributed by atoms with E-state index in [1.54, 1.807) is 23.1 Å². The van der Waals surface area contributed by atoms with E-state index in [2.05, 4.69) is 27.3 Å². The fourth-order valence-corrected chi connectivity index (χ4v) is 4.77. The zero-order valence-corrected chi connectivity index (χ0v) is 21.2. The number of hydrogen-bond donors (Lipinski definition) is 2. The van der Waals surface area contributed by atoms with Crippen LogP contribution in [0, 0.1) is 6.92 Å². The molecule has 0 amide bonds. The summed E-state index contributed by atoms with van der Waals surface area (Å²) in [6.45, 7) is 4.01. The molecule has 9 nitrogen and oxygen atoms in total. The van der Waals surface area contributed by atoms with Gasteiger partial charge in [0, 0.05) is 49.1 Å². The number of carbonyl (C=O) groups is 1. The number of aromatic nitrogens is 6. The maximum Gasteiger partial charge on any atom is 0.416 e. The molecule has 4 heterocycles. The van der Waals surface area contributed by atoms with Gasteiger partial charge in [-0.15, -0.1) is 0 Å². The molecule has 5 rings (SSSR count). The lowest BCUT2D eigenvalue weighted by Crippen LogP contribution is -2.10. The predicted octanol–water partition coefficient (Wildman–Crippen LogP) is 6.02. The molecule has 0 spiro atoms.